The Morgan fingerprint density at radius 2 is 1.57 bits per heavy atom. The number of aromatic nitrogens is 1. The Morgan fingerprint density at radius 1 is 0.955 bits per heavy atom. The average Bonchev–Trinajstić information content (AvgIpc) is 3.45. The molecule has 1 saturated carbocycles. The van der Waals surface area contributed by atoms with Gasteiger partial charge in [0.2, 0.25) is 0 Å². The van der Waals surface area contributed by atoms with Crippen LogP contribution in [0.25, 0.3) is 11.1 Å². The zero-order valence-corrected chi connectivity index (χ0v) is 27.8. The Labute approximate surface area is 259 Å². The van der Waals surface area contributed by atoms with Gasteiger partial charge in [-0.15, -0.1) is 0 Å². The molecule has 2 aliphatic carbocycles. The highest BCUT2D eigenvalue weighted by Gasteiger charge is 2.46. The Kier molecular flexibility index (Phi) is 8.68. The molecular formula is C36H44F5NOSi. The van der Waals surface area contributed by atoms with Crippen LogP contribution in [0.3, 0.4) is 0 Å². The average molecular weight is 630 g/mol. The van der Waals surface area contributed by atoms with Gasteiger partial charge in [-0.05, 0) is 78.6 Å². The molecular weight excluding hydrogens is 585 g/mol. The topological polar surface area (TPSA) is 22.1 Å². The minimum atomic E-state index is -4.73. The highest BCUT2D eigenvalue weighted by atomic mass is 28.4. The van der Waals surface area contributed by atoms with Gasteiger partial charge in [-0.2, -0.15) is 13.2 Å². The second-order valence-corrected chi connectivity index (χ2v) is 19.8. The molecule has 44 heavy (non-hydrogen) atoms. The minimum Gasteiger partial charge on any atom is -0.410 e. The molecule has 0 saturated heterocycles. The fraction of sp³-hybridized carbons (Fsp3) is 0.528. The number of nitrogens with zero attached hydrogens (tertiary/aromatic N) is 1. The number of fused-ring (bicyclic) bond motifs is 1. The molecule has 0 spiro atoms. The zero-order chi connectivity index (χ0) is 32.2. The molecule has 2 atom stereocenters. The van der Waals surface area contributed by atoms with Gasteiger partial charge in [0.05, 0.1) is 17.4 Å². The fourth-order valence-corrected chi connectivity index (χ4v) is 8.02. The molecule has 0 aliphatic heterocycles. The van der Waals surface area contributed by atoms with Crippen molar-refractivity contribution in [1.29, 1.82) is 0 Å². The highest BCUT2D eigenvalue weighted by molar-refractivity contribution is 6.74. The van der Waals surface area contributed by atoms with Crippen LogP contribution >= 0.6 is 0 Å². The van der Waals surface area contributed by atoms with E-state index in [2.05, 4.69) is 47.7 Å². The van der Waals surface area contributed by atoms with Crippen LogP contribution in [0.15, 0.2) is 48.5 Å². The molecule has 8 heteroatoms. The van der Waals surface area contributed by atoms with E-state index in [4.69, 9.17) is 9.41 Å². The summed E-state index contributed by atoms with van der Waals surface area (Å²) in [5.41, 5.74) is 1.74. The third kappa shape index (κ3) is 6.39. The van der Waals surface area contributed by atoms with E-state index in [1.807, 2.05) is 0 Å². The number of benzene rings is 2. The molecule has 238 valence electrons. The lowest BCUT2D eigenvalue weighted by molar-refractivity contribution is -0.138. The summed E-state index contributed by atoms with van der Waals surface area (Å²) in [6.07, 6.45) is -2.49. The summed E-state index contributed by atoms with van der Waals surface area (Å²) in [5, 5.41) is -0.112. The maximum Gasteiger partial charge on any atom is 0.416 e. The van der Waals surface area contributed by atoms with Crippen molar-refractivity contribution in [2.45, 2.75) is 116 Å². The van der Waals surface area contributed by atoms with Gasteiger partial charge in [-0.3, -0.25) is 4.98 Å². The van der Waals surface area contributed by atoms with Crippen LogP contribution in [0.4, 0.5) is 22.0 Å². The van der Waals surface area contributed by atoms with E-state index < -0.39 is 43.7 Å². The van der Waals surface area contributed by atoms with Crippen molar-refractivity contribution < 1.29 is 26.4 Å². The van der Waals surface area contributed by atoms with Crippen LogP contribution in [-0.4, -0.2) is 13.3 Å². The summed E-state index contributed by atoms with van der Waals surface area (Å²) >= 11 is 0. The SMILES string of the molecule is CC1(C)Cc2nc(C3CCCC3)c(C(F)c3ccccc3C(F)(F)F)c(-c3ccc(F)cc3)c2C(O[Si](C)(C)C(C)(C)C)C1. The van der Waals surface area contributed by atoms with Crippen LogP contribution < -0.4 is 0 Å². The molecule has 0 bridgehead atoms. The van der Waals surface area contributed by atoms with Crippen molar-refractivity contribution in [3.05, 3.63) is 88.0 Å². The van der Waals surface area contributed by atoms with Gasteiger partial charge < -0.3 is 4.43 Å². The first-order valence-corrected chi connectivity index (χ1v) is 18.6. The van der Waals surface area contributed by atoms with E-state index in [1.54, 1.807) is 12.1 Å². The maximum atomic E-state index is 17.3. The number of hydrogen-bond donors (Lipinski definition) is 0. The van der Waals surface area contributed by atoms with Crippen LogP contribution in [0.1, 0.15) is 119 Å². The number of hydrogen-bond acceptors (Lipinski definition) is 2. The van der Waals surface area contributed by atoms with Crippen molar-refractivity contribution in [2.75, 3.05) is 0 Å². The third-order valence-electron chi connectivity index (χ3n) is 10.00. The predicted octanol–water partition coefficient (Wildman–Crippen LogP) is 11.7. The molecule has 1 aromatic heterocycles. The van der Waals surface area contributed by atoms with E-state index in [0.29, 0.717) is 29.7 Å². The summed E-state index contributed by atoms with van der Waals surface area (Å²) in [6, 6.07) is 10.8. The molecule has 0 radical (unpaired) electrons. The molecule has 2 aromatic carbocycles. The summed E-state index contributed by atoms with van der Waals surface area (Å²) in [6.45, 7) is 15.2. The number of rotatable bonds is 6. The minimum absolute atomic E-state index is 0.0735. The van der Waals surface area contributed by atoms with E-state index >= 15 is 4.39 Å². The Morgan fingerprint density at radius 3 is 2.16 bits per heavy atom. The van der Waals surface area contributed by atoms with Crippen molar-refractivity contribution in [3.63, 3.8) is 0 Å². The van der Waals surface area contributed by atoms with Gasteiger partial charge in [0, 0.05) is 28.3 Å². The van der Waals surface area contributed by atoms with Gasteiger partial charge in [0.15, 0.2) is 14.5 Å². The lowest BCUT2D eigenvalue weighted by Gasteiger charge is -2.45. The fourth-order valence-electron chi connectivity index (χ4n) is 6.75. The molecule has 0 N–H and O–H groups in total. The quantitative estimate of drug-likeness (QED) is 0.200. The number of alkyl halides is 4. The third-order valence-corrected chi connectivity index (χ3v) is 14.5. The van der Waals surface area contributed by atoms with E-state index in [-0.39, 0.29) is 21.9 Å². The van der Waals surface area contributed by atoms with E-state index in [9.17, 15) is 17.6 Å². The lowest BCUT2D eigenvalue weighted by Crippen LogP contribution is -2.44. The lowest BCUT2D eigenvalue weighted by atomic mass is 9.71. The molecule has 5 rings (SSSR count). The van der Waals surface area contributed by atoms with Gasteiger partial charge in [-0.25, -0.2) is 8.78 Å². The van der Waals surface area contributed by atoms with Crippen molar-refractivity contribution in [1.82, 2.24) is 4.98 Å². The maximum absolute atomic E-state index is 17.3. The molecule has 2 nitrogen and oxygen atoms in total. The van der Waals surface area contributed by atoms with Gasteiger partial charge in [0.1, 0.15) is 5.82 Å². The summed E-state index contributed by atoms with van der Waals surface area (Å²) < 4.78 is 81.5. The molecule has 1 heterocycles. The monoisotopic (exact) mass is 629 g/mol. The number of pyridine rings is 1. The summed E-state index contributed by atoms with van der Waals surface area (Å²) in [5.74, 6) is -0.515. The zero-order valence-electron chi connectivity index (χ0n) is 26.8. The largest absolute Gasteiger partial charge is 0.416 e. The summed E-state index contributed by atoms with van der Waals surface area (Å²) in [7, 11) is -2.37. The summed E-state index contributed by atoms with van der Waals surface area (Å²) in [4.78, 5) is 5.22. The van der Waals surface area contributed by atoms with Gasteiger partial charge in [-0.1, -0.05) is 77.8 Å². The van der Waals surface area contributed by atoms with Gasteiger partial charge in [0.25, 0.3) is 0 Å². The van der Waals surface area contributed by atoms with Crippen LogP contribution in [0.5, 0.6) is 0 Å². The second-order valence-electron chi connectivity index (χ2n) is 15.0. The smallest absolute Gasteiger partial charge is 0.410 e. The Balaban J connectivity index is 1.87. The van der Waals surface area contributed by atoms with Crippen molar-refractivity contribution in [2.24, 2.45) is 5.41 Å². The van der Waals surface area contributed by atoms with Crippen LogP contribution in [-0.2, 0) is 17.0 Å². The first-order valence-electron chi connectivity index (χ1n) is 15.7. The van der Waals surface area contributed by atoms with Gasteiger partial charge >= 0.3 is 6.18 Å². The first-order chi connectivity index (χ1) is 20.4. The molecule has 3 aromatic rings. The van der Waals surface area contributed by atoms with Crippen LogP contribution in [0, 0.1) is 11.2 Å². The van der Waals surface area contributed by atoms with E-state index in [0.717, 1.165) is 43.0 Å². The first kappa shape index (κ1) is 32.8. The van der Waals surface area contributed by atoms with Crippen molar-refractivity contribution >= 4 is 8.32 Å². The highest BCUT2D eigenvalue weighted by Crippen LogP contribution is 2.54. The Bertz CT molecular complexity index is 1500. The molecule has 2 aliphatic rings. The predicted molar refractivity (Wildman–Crippen MR) is 168 cm³/mol. The molecule has 2 unspecified atom stereocenters. The second kappa shape index (κ2) is 11.7. The number of halogens is 5. The standard InChI is InChI=1S/C36H44F5NOSi/c1-34(2,3)44(6,7)43-28-21-35(4,5)20-27-30(28)29(22-16-18-24(37)19-17-22)31(33(42-27)23-12-8-9-13-23)32(38)25-14-10-11-15-26(25)36(39,40)41/h10-11,14-19,23,28,32H,8-9,12-13,20-21H2,1-7H3. The molecule has 0 amide bonds. The normalized spacial score (nSPS) is 20.0. The van der Waals surface area contributed by atoms with Crippen LogP contribution in [0.2, 0.25) is 18.1 Å². The molecule has 1 fully saturated rings. The Hall–Kier alpha value is -2.58. The van der Waals surface area contributed by atoms with Crippen molar-refractivity contribution in [3.8, 4) is 11.1 Å². The van der Waals surface area contributed by atoms with E-state index in [1.165, 1.54) is 30.3 Å².